The summed E-state index contributed by atoms with van der Waals surface area (Å²) in [6.45, 7) is 0. The molecule has 1 aromatic heterocycles. The third-order valence-corrected chi connectivity index (χ3v) is 2.16. The fourth-order valence-electron chi connectivity index (χ4n) is 1.35. The standard InChI is InChI=1S/C13H8N2O3/c14-8-9-4-1-2-6-11(9)18-12-7-3-5-10(15-12)13(16)17/h1-7H,(H,16,17). The normalized spacial score (nSPS) is 9.50. The molecule has 1 heterocycles. The lowest BCUT2D eigenvalue weighted by atomic mass is 10.2. The van der Waals surface area contributed by atoms with Gasteiger partial charge in [0.25, 0.3) is 0 Å². The number of para-hydroxylation sites is 1. The van der Waals surface area contributed by atoms with Gasteiger partial charge in [-0.25, -0.2) is 9.78 Å². The zero-order valence-corrected chi connectivity index (χ0v) is 9.20. The highest BCUT2D eigenvalue weighted by molar-refractivity contribution is 5.85. The van der Waals surface area contributed by atoms with Crippen molar-refractivity contribution in [1.29, 1.82) is 5.26 Å². The number of benzene rings is 1. The van der Waals surface area contributed by atoms with Crippen molar-refractivity contribution in [2.24, 2.45) is 0 Å². The second-order valence-electron chi connectivity index (χ2n) is 3.38. The molecule has 5 heteroatoms. The number of aromatic carboxylic acids is 1. The molecular formula is C13H8N2O3. The van der Waals surface area contributed by atoms with Crippen LogP contribution in [0.15, 0.2) is 42.5 Å². The minimum Gasteiger partial charge on any atom is -0.477 e. The fourth-order valence-corrected chi connectivity index (χ4v) is 1.35. The van der Waals surface area contributed by atoms with Crippen LogP contribution in [0.4, 0.5) is 0 Å². The van der Waals surface area contributed by atoms with Gasteiger partial charge in [-0.2, -0.15) is 5.26 Å². The van der Waals surface area contributed by atoms with E-state index < -0.39 is 5.97 Å². The van der Waals surface area contributed by atoms with Gasteiger partial charge in [-0.05, 0) is 18.2 Å². The van der Waals surface area contributed by atoms with Crippen molar-refractivity contribution in [3.63, 3.8) is 0 Å². The summed E-state index contributed by atoms with van der Waals surface area (Å²) in [6.07, 6.45) is 0. The lowest BCUT2D eigenvalue weighted by molar-refractivity contribution is 0.0689. The van der Waals surface area contributed by atoms with Crippen LogP contribution >= 0.6 is 0 Å². The van der Waals surface area contributed by atoms with Gasteiger partial charge in [-0.1, -0.05) is 18.2 Å². The number of nitriles is 1. The van der Waals surface area contributed by atoms with E-state index in [0.29, 0.717) is 11.3 Å². The molecule has 18 heavy (non-hydrogen) atoms. The Morgan fingerprint density at radius 1 is 1.22 bits per heavy atom. The van der Waals surface area contributed by atoms with Crippen LogP contribution in [0.1, 0.15) is 16.1 Å². The lowest BCUT2D eigenvalue weighted by Crippen LogP contribution is -2.01. The van der Waals surface area contributed by atoms with Gasteiger partial charge in [0.1, 0.15) is 11.8 Å². The average molecular weight is 240 g/mol. The Balaban J connectivity index is 2.32. The summed E-state index contributed by atoms with van der Waals surface area (Å²) in [4.78, 5) is 14.6. The number of aromatic nitrogens is 1. The molecule has 0 unspecified atom stereocenters. The molecule has 0 bridgehead atoms. The number of carboxylic acid groups (broad SMARTS) is 1. The number of nitrogens with zero attached hydrogens (tertiary/aromatic N) is 2. The highest BCUT2D eigenvalue weighted by atomic mass is 16.5. The molecule has 0 spiro atoms. The Kier molecular flexibility index (Phi) is 3.21. The minimum atomic E-state index is -1.13. The van der Waals surface area contributed by atoms with Crippen LogP contribution in [0.25, 0.3) is 0 Å². The van der Waals surface area contributed by atoms with Crippen LogP contribution in [-0.4, -0.2) is 16.1 Å². The Hall–Kier alpha value is -2.87. The topological polar surface area (TPSA) is 83.2 Å². The van der Waals surface area contributed by atoms with Gasteiger partial charge in [-0.3, -0.25) is 0 Å². The molecule has 0 amide bonds. The zero-order chi connectivity index (χ0) is 13.0. The van der Waals surface area contributed by atoms with E-state index in [-0.39, 0.29) is 11.6 Å². The monoisotopic (exact) mass is 240 g/mol. The SMILES string of the molecule is N#Cc1ccccc1Oc1cccc(C(=O)O)n1. The summed E-state index contributed by atoms with van der Waals surface area (Å²) in [7, 11) is 0. The van der Waals surface area contributed by atoms with Crippen LogP contribution in [0, 0.1) is 11.3 Å². The van der Waals surface area contributed by atoms with E-state index >= 15 is 0 Å². The maximum absolute atomic E-state index is 10.8. The Morgan fingerprint density at radius 2 is 2.00 bits per heavy atom. The number of hydrogen-bond acceptors (Lipinski definition) is 4. The molecule has 0 radical (unpaired) electrons. The number of ether oxygens (including phenoxy) is 1. The molecule has 0 aliphatic rings. The Bertz CT molecular complexity index is 632. The van der Waals surface area contributed by atoms with Gasteiger partial charge in [0.15, 0.2) is 5.69 Å². The average Bonchev–Trinajstić information content (AvgIpc) is 2.39. The molecule has 88 valence electrons. The highest BCUT2D eigenvalue weighted by Crippen LogP contribution is 2.23. The summed E-state index contributed by atoms with van der Waals surface area (Å²) in [5.74, 6) is -0.651. The van der Waals surface area contributed by atoms with E-state index in [1.165, 1.54) is 18.2 Å². The first kappa shape index (κ1) is 11.6. The largest absolute Gasteiger partial charge is 0.477 e. The Morgan fingerprint density at radius 3 is 2.72 bits per heavy atom. The van der Waals surface area contributed by atoms with Crippen molar-refractivity contribution in [2.75, 3.05) is 0 Å². The summed E-state index contributed by atoms with van der Waals surface area (Å²) in [6, 6.07) is 13.1. The van der Waals surface area contributed by atoms with Gasteiger partial charge < -0.3 is 9.84 Å². The maximum atomic E-state index is 10.8. The van der Waals surface area contributed by atoms with Gasteiger partial charge in [-0.15, -0.1) is 0 Å². The van der Waals surface area contributed by atoms with Gasteiger partial charge in [0.2, 0.25) is 5.88 Å². The lowest BCUT2D eigenvalue weighted by Gasteiger charge is -2.06. The number of carbonyl (C=O) groups is 1. The molecule has 0 atom stereocenters. The number of carboxylic acids is 1. The van der Waals surface area contributed by atoms with Crippen molar-refractivity contribution in [3.8, 4) is 17.7 Å². The molecule has 2 rings (SSSR count). The fraction of sp³-hybridized carbons (Fsp3) is 0. The van der Waals surface area contributed by atoms with Crippen LogP contribution in [0.3, 0.4) is 0 Å². The molecular weight excluding hydrogens is 232 g/mol. The van der Waals surface area contributed by atoms with E-state index in [9.17, 15) is 4.79 Å². The van der Waals surface area contributed by atoms with E-state index in [2.05, 4.69) is 4.98 Å². The summed E-state index contributed by atoms with van der Waals surface area (Å²) in [5.41, 5.74) is 0.252. The third kappa shape index (κ3) is 2.44. The van der Waals surface area contributed by atoms with E-state index in [0.717, 1.165) is 0 Å². The predicted molar refractivity (Wildman–Crippen MR) is 62.4 cm³/mol. The van der Waals surface area contributed by atoms with Crippen LogP contribution in [-0.2, 0) is 0 Å². The van der Waals surface area contributed by atoms with Crippen molar-refractivity contribution < 1.29 is 14.6 Å². The third-order valence-electron chi connectivity index (χ3n) is 2.16. The number of rotatable bonds is 3. The van der Waals surface area contributed by atoms with E-state index in [4.69, 9.17) is 15.1 Å². The molecule has 0 aliphatic heterocycles. The predicted octanol–water partition coefficient (Wildman–Crippen LogP) is 2.44. The number of hydrogen-bond donors (Lipinski definition) is 1. The summed E-state index contributed by atoms with van der Waals surface area (Å²) < 4.78 is 5.39. The van der Waals surface area contributed by atoms with Crippen molar-refractivity contribution in [3.05, 3.63) is 53.7 Å². The molecule has 1 N–H and O–H groups in total. The minimum absolute atomic E-state index is 0.109. The van der Waals surface area contributed by atoms with Crippen LogP contribution in [0.2, 0.25) is 0 Å². The summed E-state index contributed by atoms with van der Waals surface area (Å²) in [5, 5.41) is 17.7. The second-order valence-corrected chi connectivity index (χ2v) is 3.38. The van der Waals surface area contributed by atoms with Crippen molar-refractivity contribution in [2.45, 2.75) is 0 Å². The Labute approximate surface area is 103 Å². The maximum Gasteiger partial charge on any atom is 0.354 e. The van der Waals surface area contributed by atoms with E-state index in [1.807, 2.05) is 6.07 Å². The van der Waals surface area contributed by atoms with Crippen LogP contribution < -0.4 is 4.74 Å². The van der Waals surface area contributed by atoms with Gasteiger partial charge in [0, 0.05) is 6.07 Å². The first-order chi connectivity index (χ1) is 8.70. The van der Waals surface area contributed by atoms with Gasteiger partial charge >= 0.3 is 5.97 Å². The second kappa shape index (κ2) is 4.97. The zero-order valence-electron chi connectivity index (χ0n) is 9.20. The highest BCUT2D eigenvalue weighted by Gasteiger charge is 2.08. The number of pyridine rings is 1. The first-order valence-electron chi connectivity index (χ1n) is 5.08. The molecule has 0 saturated heterocycles. The molecule has 1 aromatic carbocycles. The van der Waals surface area contributed by atoms with Crippen molar-refractivity contribution >= 4 is 5.97 Å². The molecule has 0 fully saturated rings. The molecule has 2 aromatic rings. The quantitative estimate of drug-likeness (QED) is 0.890. The first-order valence-corrected chi connectivity index (χ1v) is 5.08. The van der Waals surface area contributed by atoms with Crippen molar-refractivity contribution in [1.82, 2.24) is 4.98 Å². The smallest absolute Gasteiger partial charge is 0.354 e. The van der Waals surface area contributed by atoms with Gasteiger partial charge in [0.05, 0.1) is 5.56 Å². The molecule has 0 saturated carbocycles. The van der Waals surface area contributed by atoms with E-state index in [1.54, 1.807) is 24.3 Å². The molecule has 5 nitrogen and oxygen atoms in total. The summed E-state index contributed by atoms with van der Waals surface area (Å²) >= 11 is 0. The molecule has 0 aliphatic carbocycles. The van der Waals surface area contributed by atoms with Crippen LogP contribution in [0.5, 0.6) is 11.6 Å².